The topological polar surface area (TPSA) is 146 Å². The van der Waals surface area contributed by atoms with Gasteiger partial charge in [0.25, 0.3) is 0 Å². The first-order valence-corrected chi connectivity index (χ1v) is 29.2. The molecule has 0 aromatic heterocycles. The lowest BCUT2D eigenvalue weighted by atomic mass is 10.0. The van der Waals surface area contributed by atoms with Crippen LogP contribution in [0.4, 0.5) is 0 Å². The summed E-state index contributed by atoms with van der Waals surface area (Å²) in [5.41, 5.74) is 0. The Morgan fingerprint density at radius 3 is 0.947 bits per heavy atom. The van der Waals surface area contributed by atoms with Gasteiger partial charge in [0.2, 0.25) is 11.8 Å². The minimum Gasteiger partial charge on any atom is -0.392 e. The lowest BCUT2D eigenvalue weighted by molar-refractivity contribution is -0.137. The first-order chi connectivity index (χ1) is 36.6. The van der Waals surface area contributed by atoms with E-state index in [-0.39, 0.29) is 11.8 Å². The van der Waals surface area contributed by atoms with Crippen molar-refractivity contribution in [1.29, 1.82) is 0 Å². The molecule has 6 atom stereocenters. The summed E-state index contributed by atoms with van der Waals surface area (Å²) in [4.78, 5) is 30.8. The highest BCUT2D eigenvalue weighted by molar-refractivity contribution is 5.96. The van der Waals surface area contributed by atoms with Crippen LogP contribution in [0.3, 0.4) is 0 Å². The molecule has 0 aromatic rings. The van der Waals surface area contributed by atoms with Crippen LogP contribution in [-0.2, 0) is 9.59 Å². The minimum atomic E-state index is -0.604. The number of piperazine rings is 1. The van der Waals surface area contributed by atoms with Crippen molar-refractivity contribution in [3.8, 4) is 0 Å². The highest BCUT2D eigenvalue weighted by atomic mass is 16.3. The second-order valence-corrected chi connectivity index (χ2v) is 19.7. The number of unbranched alkanes of at least 4 members (excludes halogenated alkanes) is 2. The molecule has 0 saturated carbocycles. The predicted molar refractivity (Wildman–Crippen MR) is 319 cm³/mol. The molecule has 6 unspecified atom stereocenters. The molecule has 1 fully saturated rings. The SMILES string of the molecule is CC/C=C\C/C=C\C/C=C\CCC(O)CN(CCCCC1NC(=O)C(CCCCN(CC(O)C/C=C\C/C=C\C/C=C\CC)CC(O)C/C=C\C/C=C\C/C=C\CC)NC1=O)CC(O)C/C=C\C/C=C\C/C=C\CC. The molecule has 1 rings (SSSR count). The summed E-state index contributed by atoms with van der Waals surface area (Å²) in [6.45, 7) is 11.6. The van der Waals surface area contributed by atoms with Gasteiger partial charge in [-0.3, -0.25) is 19.4 Å². The van der Waals surface area contributed by atoms with E-state index in [0.29, 0.717) is 90.6 Å². The molecule has 0 spiro atoms. The van der Waals surface area contributed by atoms with E-state index in [1.807, 2.05) is 18.2 Å². The summed E-state index contributed by atoms with van der Waals surface area (Å²) >= 11 is 0. The fraction of sp³-hybridized carbons (Fsp3) is 0.600. The zero-order valence-electron chi connectivity index (χ0n) is 47.3. The Hall–Kier alpha value is -4.42. The zero-order valence-corrected chi connectivity index (χ0v) is 47.3. The second kappa shape index (κ2) is 50.4. The minimum absolute atomic E-state index is 0.167. The number of rotatable bonds is 47. The molecule has 0 radical (unpaired) electrons. The Balaban J connectivity index is 2.74. The highest BCUT2D eigenvalue weighted by Crippen LogP contribution is 2.14. The summed E-state index contributed by atoms with van der Waals surface area (Å²) < 4.78 is 0. The lowest BCUT2D eigenvalue weighted by Gasteiger charge is -2.31. The maximum absolute atomic E-state index is 13.3. The molecular formula is C65H106N4O6. The summed E-state index contributed by atoms with van der Waals surface area (Å²) in [5, 5.41) is 50.0. The number of carbonyl (C=O) groups is 2. The van der Waals surface area contributed by atoms with Crippen molar-refractivity contribution in [3.63, 3.8) is 0 Å². The Bertz CT molecular complexity index is 1720. The number of nitrogens with one attached hydrogen (secondary N) is 2. The van der Waals surface area contributed by atoms with Crippen LogP contribution in [0.15, 0.2) is 146 Å². The highest BCUT2D eigenvalue weighted by Gasteiger charge is 2.33. The monoisotopic (exact) mass is 1040 g/mol. The number of carbonyl (C=O) groups excluding carboxylic acids is 2. The van der Waals surface area contributed by atoms with E-state index < -0.39 is 36.5 Å². The number of allylic oxidation sites excluding steroid dienone is 21. The van der Waals surface area contributed by atoms with Gasteiger partial charge in [0, 0.05) is 26.2 Å². The van der Waals surface area contributed by atoms with Crippen molar-refractivity contribution in [1.82, 2.24) is 20.4 Å². The van der Waals surface area contributed by atoms with Gasteiger partial charge in [0.05, 0.1) is 24.4 Å². The van der Waals surface area contributed by atoms with E-state index in [1.54, 1.807) is 0 Å². The van der Waals surface area contributed by atoms with Crippen molar-refractivity contribution >= 4 is 11.8 Å². The third-order valence-corrected chi connectivity index (χ3v) is 12.6. The number of hydrogen-bond donors (Lipinski definition) is 6. The smallest absolute Gasteiger partial charge is 0.243 e. The molecule has 10 heteroatoms. The summed E-state index contributed by atoms with van der Waals surface area (Å²) in [6, 6.07) is -1.21. The average Bonchev–Trinajstić information content (AvgIpc) is 3.38. The largest absolute Gasteiger partial charge is 0.392 e. The molecule has 1 heterocycles. The van der Waals surface area contributed by atoms with Crippen LogP contribution in [-0.4, -0.2) is 118 Å². The van der Waals surface area contributed by atoms with E-state index in [2.05, 4.69) is 176 Å². The van der Waals surface area contributed by atoms with Gasteiger partial charge in [-0.2, -0.15) is 0 Å². The first-order valence-electron chi connectivity index (χ1n) is 29.2. The molecule has 1 aliphatic rings. The molecule has 422 valence electrons. The lowest BCUT2D eigenvalue weighted by Crippen LogP contribution is -2.61. The fourth-order valence-corrected chi connectivity index (χ4v) is 8.47. The summed E-state index contributed by atoms with van der Waals surface area (Å²) in [5.74, 6) is -0.334. The van der Waals surface area contributed by atoms with Crippen molar-refractivity contribution < 1.29 is 30.0 Å². The van der Waals surface area contributed by atoms with Crippen molar-refractivity contribution in [2.75, 3.05) is 39.3 Å². The van der Waals surface area contributed by atoms with Gasteiger partial charge in [0.1, 0.15) is 12.1 Å². The molecular weight excluding hydrogens is 933 g/mol. The maximum Gasteiger partial charge on any atom is 0.243 e. The van der Waals surface area contributed by atoms with Gasteiger partial charge in [-0.15, -0.1) is 0 Å². The summed E-state index contributed by atoms with van der Waals surface area (Å²) in [6.07, 6.45) is 67.0. The third kappa shape index (κ3) is 42.4. The molecule has 0 aliphatic carbocycles. The van der Waals surface area contributed by atoms with Crippen LogP contribution in [0.5, 0.6) is 0 Å². The van der Waals surface area contributed by atoms with Gasteiger partial charge in [0.15, 0.2) is 0 Å². The Kier molecular flexibility index (Phi) is 46.1. The molecule has 0 bridgehead atoms. The average molecular weight is 1040 g/mol. The number of amides is 2. The van der Waals surface area contributed by atoms with Gasteiger partial charge >= 0.3 is 0 Å². The standard InChI is InChI=1S/C65H106N4O6/c1-5-9-13-17-21-25-29-33-37-41-49-61(73)57-69(56-60(72)48-40-36-32-28-24-20-16-12-8-4)53-45-43-51-63-65(75)66-62(64(74)67-63)50-42-44-52-68(54-58(70)46-38-34-30-26-22-18-14-10-6-2)55-59(71)47-39-35-31-27-23-19-15-11-7-3/h9-16,21-28,33-40,58-63,70-73H,5-8,17-20,29-32,41-57H2,1-4H3,(H,66,75)(H,67,74)/b13-9-,14-10-,15-11-,16-12-,25-21-,26-22-,27-23-,28-24-,37-33-,38-34-,39-35-,40-36-. The van der Waals surface area contributed by atoms with Crippen molar-refractivity contribution in [3.05, 3.63) is 146 Å². The van der Waals surface area contributed by atoms with E-state index in [1.165, 1.54) is 0 Å². The fourth-order valence-electron chi connectivity index (χ4n) is 8.47. The molecule has 6 N–H and O–H groups in total. The molecule has 1 saturated heterocycles. The predicted octanol–water partition coefficient (Wildman–Crippen LogP) is 12.7. The van der Waals surface area contributed by atoms with Gasteiger partial charge < -0.3 is 31.1 Å². The zero-order chi connectivity index (χ0) is 54.7. The van der Waals surface area contributed by atoms with Crippen LogP contribution in [0.1, 0.15) is 175 Å². The Morgan fingerprint density at radius 1 is 0.373 bits per heavy atom. The van der Waals surface area contributed by atoms with Crippen LogP contribution in [0.2, 0.25) is 0 Å². The van der Waals surface area contributed by atoms with Gasteiger partial charge in [-0.1, -0.05) is 174 Å². The van der Waals surface area contributed by atoms with E-state index in [0.717, 1.165) is 96.3 Å². The van der Waals surface area contributed by atoms with Crippen molar-refractivity contribution in [2.24, 2.45) is 0 Å². The number of aliphatic hydroxyl groups excluding tert-OH is 4. The Labute approximate surface area is 457 Å². The second-order valence-electron chi connectivity index (χ2n) is 19.7. The van der Waals surface area contributed by atoms with Crippen molar-refractivity contribution in [2.45, 2.75) is 212 Å². The normalized spacial score (nSPS) is 18.0. The van der Waals surface area contributed by atoms with Crippen LogP contribution in [0.25, 0.3) is 0 Å². The number of aliphatic hydroxyl groups is 4. The quantitative estimate of drug-likeness (QED) is 0.0261. The van der Waals surface area contributed by atoms with E-state index in [4.69, 9.17) is 0 Å². The van der Waals surface area contributed by atoms with Gasteiger partial charge in [-0.05, 0) is 161 Å². The number of hydrogen-bond acceptors (Lipinski definition) is 8. The maximum atomic E-state index is 13.3. The van der Waals surface area contributed by atoms with E-state index in [9.17, 15) is 30.0 Å². The van der Waals surface area contributed by atoms with E-state index >= 15 is 0 Å². The van der Waals surface area contributed by atoms with Gasteiger partial charge in [-0.25, -0.2) is 0 Å². The number of nitrogens with zero attached hydrogens (tertiary/aromatic N) is 2. The van der Waals surface area contributed by atoms with Crippen LogP contribution < -0.4 is 10.6 Å². The molecule has 0 aromatic carbocycles. The summed E-state index contributed by atoms with van der Waals surface area (Å²) in [7, 11) is 0. The molecule has 10 nitrogen and oxygen atoms in total. The Morgan fingerprint density at radius 2 is 0.640 bits per heavy atom. The third-order valence-electron chi connectivity index (χ3n) is 12.6. The molecule has 2 amide bonds. The van der Waals surface area contributed by atoms with Crippen LogP contribution >= 0.6 is 0 Å². The van der Waals surface area contributed by atoms with Crippen LogP contribution in [0, 0.1) is 0 Å². The first kappa shape index (κ1) is 68.6. The molecule has 75 heavy (non-hydrogen) atoms. The molecule has 1 aliphatic heterocycles.